The molecule has 0 aliphatic heterocycles. The van der Waals surface area contributed by atoms with E-state index in [9.17, 15) is 13.2 Å². The summed E-state index contributed by atoms with van der Waals surface area (Å²) in [6, 6.07) is 2.13. The van der Waals surface area contributed by atoms with Crippen LogP contribution in [0, 0.1) is 5.92 Å². The van der Waals surface area contributed by atoms with Crippen LogP contribution in [0.5, 0.6) is 0 Å². The van der Waals surface area contributed by atoms with Gasteiger partial charge in [-0.1, -0.05) is 26.1 Å². The van der Waals surface area contributed by atoms with Crippen molar-refractivity contribution in [3.05, 3.63) is 23.4 Å². The lowest BCUT2D eigenvalue weighted by Crippen LogP contribution is -2.22. The number of nitrogens with two attached hydrogens (primary N) is 1. The van der Waals surface area contributed by atoms with Crippen LogP contribution in [0.4, 0.5) is 19.0 Å². The molecule has 0 aliphatic rings. The highest BCUT2D eigenvalue weighted by molar-refractivity contribution is 7.80. The Morgan fingerprint density at radius 2 is 1.90 bits per heavy atom. The van der Waals surface area contributed by atoms with Gasteiger partial charge in [0.1, 0.15) is 16.5 Å². The fraction of sp³-hybridized carbons (Fsp3) is 0.571. The summed E-state index contributed by atoms with van der Waals surface area (Å²) in [5, 5.41) is 2.98. The molecule has 118 valence electrons. The van der Waals surface area contributed by atoms with Crippen molar-refractivity contribution in [2.45, 2.75) is 45.8 Å². The Balaban J connectivity index is 2.99. The fourth-order valence-corrected chi connectivity index (χ4v) is 1.98. The van der Waals surface area contributed by atoms with Crippen molar-refractivity contribution >= 4 is 23.0 Å². The maximum Gasteiger partial charge on any atom is 0.433 e. The monoisotopic (exact) mass is 319 g/mol. The molecule has 0 aliphatic carbocycles. The van der Waals surface area contributed by atoms with Gasteiger partial charge in [-0.3, -0.25) is 0 Å². The van der Waals surface area contributed by atoms with Crippen LogP contribution in [0.3, 0.4) is 0 Å². The lowest BCUT2D eigenvalue weighted by molar-refractivity contribution is -0.141. The first-order valence-electron chi connectivity index (χ1n) is 6.75. The highest BCUT2D eigenvalue weighted by atomic mass is 32.1. The molecule has 1 atom stereocenters. The van der Waals surface area contributed by atoms with Crippen molar-refractivity contribution in [1.82, 2.24) is 4.98 Å². The lowest BCUT2D eigenvalue weighted by Gasteiger charge is -2.19. The molecular weight excluding hydrogens is 299 g/mol. The smallest absolute Gasteiger partial charge is 0.389 e. The molecule has 0 saturated heterocycles. The van der Waals surface area contributed by atoms with E-state index >= 15 is 0 Å². The molecule has 21 heavy (non-hydrogen) atoms. The van der Waals surface area contributed by atoms with Gasteiger partial charge < -0.3 is 11.1 Å². The predicted molar refractivity (Wildman–Crippen MR) is 82.3 cm³/mol. The Morgan fingerprint density at radius 3 is 2.38 bits per heavy atom. The van der Waals surface area contributed by atoms with E-state index in [1.165, 1.54) is 6.07 Å². The molecule has 0 fully saturated rings. The molecule has 3 nitrogen and oxygen atoms in total. The first kappa shape index (κ1) is 17.7. The van der Waals surface area contributed by atoms with Gasteiger partial charge in [0.05, 0.1) is 5.56 Å². The number of halogens is 3. The van der Waals surface area contributed by atoms with Crippen LogP contribution in [0.1, 0.15) is 44.9 Å². The summed E-state index contributed by atoms with van der Waals surface area (Å²) in [5.41, 5.74) is 4.91. The van der Waals surface area contributed by atoms with Crippen LogP contribution in [-0.4, -0.2) is 16.0 Å². The van der Waals surface area contributed by atoms with Crippen LogP contribution in [0.2, 0.25) is 0 Å². The summed E-state index contributed by atoms with van der Waals surface area (Å²) in [5.74, 6) is 0.618. The topological polar surface area (TPSA) is 50.9 Å². The lowest BCUT2D eigenvalue weighted by atomic mass is 10.0. The predicted octanol–water partition coefficient (Wildman–Crippen LogP) is 3.97. The average Bonchev–Trinajstić information content (AvgIpc) is 2.34. The Hall–Kier alpha value is -1.37. The number of pyridine rings is 1. The zero-order chi connectivity index (χ0) is 16.2. The van der Waals surface area contributed by atoms with Crippen LogP contribution in [-0.2, 0) is 6.18 Å². The SMILES string of the molecule is CC(C)CCC(C)Nc1nc(C(F)(F)F)ccc1C(N)=S. The number of alkyl halides is 3. The molecule has 1 rings (SSSR count). The van der Waals surface area contributed by atoms with Crippen LogP contribution in [0.15, 0.2) is 12.1 Å². The number of nitrogens with one attached hydrogen (secondary N) is 1. The minimum atomic E-state index is -4.49. The van der Waals surface area contributed by atoms with E-state index < -0.39 is 11.9 Å². The number of thiocarbonyl (C=S) groups is 1. The zero-order valence-electron chi connectivity index (χ0n) is 12.3. The zero-order valence-corrected chi connectivity index (χ0v) is 13.1. The van der Waals surface area contributed by atoms with Crippen molar-refractivity contribution in [2.75, 3.05) is 5.32 Å². The van der Waals surface area contributed by atoms with Gasteiger partial charge in [-0.2, -0.15) is 13.2 Å². The maximum absolute atomic E-state index is 12.7. The van der Waals surface area contributed by atoms with E-state index in [1.807, 2.05) is 6.92 Å². The minimum absolute atomic E-state index is 0.0171. The van der Waals surface area contributed by atoms with Gasteiger partial charge in [-0.25, -0.2) is 4.98 Å². The van der Waals surface area contributed by atoms with E-state index in [4.69, 9.17) is 18.0 Å². The second-order valence-corrected chi connectivity index (χ2v) is 5.91. The summed E-state index contributed by atoms with van der Waals surface area (Å²) < 4.78 is 38.2. The van der Waals surface area contributed by atoms with Gasteiger partial charge in [0.25, 0.3) is 0 Å². The Labute approximate surface area is 128 Å². The largest absolute Gasteiger partial charge is 0.433 e. The van der Waals surface area contributed by atoms with E-state index in [-0.39, 0.29) is 16.8 Å². The molecule has 1 aromatic heterocycles. The highest BCUT2D eigenvalue weighted by Crippen LogP contribution is 2.29. The second kappa shape index (κ2) is 7.06. The highest BCUT2D eigenvalue weighted by Gasteiger charge is 2.33. The Morgan fingerprint density at radius 1 is 1.29 bits per heavy atom. The number of aromatic nitrogens is 1. The van der Waals surface area contributed by atoms with Gasteiger partial charge in [-0.15, -0.1) is 0 Å². The molecule has 1 aromatic rings. The normalized spacial score (nSPS) is 13.3. The molecule has 0 radical (unpaired) electrons. The van der Waals surface area contributed by atoms with E-state index in [2.05, 4.69) is 24.1 Å². The third-order valence-corrected chi connectivity index (χ3v) is 3.23. The van der Waals surface area contributed by atoms with Crippen LogP contribution < -0.4 is 11.1 Å². The van der Waals surface area contributed by atoms with Crippen molar-refractivity contribution in [1.29, 1.82) is 0 Å². The third kappa shape index (κ3) is 5.49. The van der Waals surface area contributed by atoms with E-state index in [1.54, 1.807) is 0 Å². The Kier molecular flexibility index (Phi) is 5.95. The quantitative estimate of drug-likeness (QED) is 0.779. The molecular formula is C14H20F3N3S. The van der Waals surface area contributed by atoms with Crippen LogP contribution in [0.25, 0.3) is 0 Å². The first-order valence-corrected chi connectivity index (χ1v) is 7.16. The van der Waals surface area contributed by atoms with Crippen molar-refractivity contribution in [2.24, 2.45) is 11.7 Å². The molecule has 0 spiro atoms. The fourth-order valence-electron chi connectivity index (χ4n) is 1.81. The number of rotatable bonds is 6. The third-order valence-electron chi connectivity index (χ3n) is 3.01. The van der Waals surface area contributed by atoms with Gasteiger partial charge in [0.2, 0.25) is 0 Å². The summed E-state index contributed by atoms with van der Waals surface area (Å²) in [6.45, 7) is 6.08. The molecule has 0 bridgehead atoms. The van der Waals surface area contributed by atoms with Gasteiger partial charge in [0, 0.05) is 6.04 Å². The van der Waals surface area contributed by atoms with Crippen LogP contribution >= 0.6 is 12.2 Å². The molecule has 0 amide bonds. The van der Waals surface area contributed by atoms with Gasteiger partial charge >= 0.3 is 6.18 Å². The van der Waals surface area contributed by atoms with Crippen molar-refractivity contribution < 1.29 is 13.2 Å². The Bertz CT molecular complexity index is 501. The van der Waals surface area contributed by atoms with Gasteiger partial charge in [-0.05, 0) is 37.8 Å². The molecule has 1 unspecified atom stereocenters. The molecule has 7 heteroatoms. The summed E-state index contributed by atoms with van der Waals surface area (Å²) in [7, 11) is 0. The van der Waals surface area contributed by atoms with E-state index in [0.29, 0.717) is 11.5 Å². The average molecular weight is 319 g/mol. The molecule has 0 aromatic carbocycles. The van der Waals surface area contributed by atoms with Gasteiger partial charge in [0.15, 0.2) is 0 Å². The minimum Gasteiger partial charge on any atom is -0.389 e. The number of hydrogen-bond acceptors (Lipinski definition) is 3. The number of anilines is 1. The molecule has 1 heterocycles. The first-order chi connectivity index (χ1) is 9.61. The summed E-state index contributed by atoms with van der Waals surface area (Å²) >= 11 is 4.86. The number of nitrogens with zero attached hydrogens (tertiary/aromatic N) is 1. The maximum atomic E-state index is 12.7. The summed E-state index contributed by atoms with van der Waals surface area (Å²) in [4.78, 5) is 3.65. The van der Waals surface area contributed by atoms with E-state index in [0.717, 1.165) is 18.9 Å². The summed E-state index contributed by atoms with van der Waals surface area (Å²) in [6.07, 6.45) is -2.70. The number of hydrogen-bond donors (Lipinski definition) is 2. The second-order valence-electron chi connectivity index (χ2n) is 5.47. The standard InChI is InChI=1S/C14H20F3N3S/c1-8(2)4-5-9(3)19-13-10(12(18)21)6-7-11(20-13)14(15,16)17/h6-9H,4-5H2,1-3H3,(H2,18,21)(H,19,20). The molecule has 0 saturated carbocycles. The van der Waals surface area contributed by atoms with Crippen molar-refractivity contribution in [3.63, 3.8) is 0 Å². The molecule has 3 N–H and O–H groups in total. The van der Waals surface area contributed by atoms with Crippen molar-refractivity contribution in [3.8, 4) is 0 Å².